The van der Waals surface area contributed by atoms with Crippen molar-refractivity contribution >= 4 is 6.03 Å². The zero-order valence-electron chi connectivity index (χ0n) is 10.3. The van der Waals surface area contributed by atoms with Crippen LogP contribution in [0.25, 0.3) is 0 Å². The van der Waals surface area contributed by atoms with Gasteiger partial charge in [-0.1, -0.05) is 6.42 Å². The number of fused-ring (bicyclic) bond motifs is 5. The molecule has 0 radical (unpaired) electrons. The number of nitrogens with one attached hydrogen (secondary N) is 1. The van der Waals surface area contributed by atoms with Gasteiger partial charge in [0.2, 0.25) is 0 Å². The molecule has 0 aromatic heterocycles. The lowest BCUT2D eigenvalue weighted by Crippen LogP contribution is -2.46. The monoisotopic (exact) mass is 222 g/mol. The summed E-state index contributed by atoms with van der Waals surface area (Å²) in [5, 5.41) is 3.21. The summed E-state index contributed by atoms with van der Waals surface area (Å²) in [5.74, 6) is 3.66. The van der Waals surface area contributed by atoms with E-state index in [-0.39, 0.29) is 6.03 Å². The molecular weight excluding hydrogens is 200 g/mol. The van der Waals surface area contributed by atoms with Gasteiger partial charge in [-0.05, 0) is 49.4 Å². The minimum Gasteiger partial charge on any atom is -0.335 e. The molecule has 0 spiro atoms. The minimum absolute atomic E-state index is 0.0899. The maximum absolute atomic E-state index is 11.7. The molecule has 16 heavy (non-hydrogen) atoms. The molecule has 3 saturated carbocycles. The van der Waals surface area contributed by atoms with E-state index in [4.69, 9.17) is 0 Å². The summed E-state index contributed by atoms with van der Waals surface area (Å²) in [7, 11) is 3.64. The van der Waals surface area contributed by atoms with Crippen LogP contribution in [0.1, 0.15) is 32.1 Å². The van der Waals surface area contributed by atoms with Gasteiger partial charge in [0.15, 0.2) is 0 Å². The molecule has 90 valence electrons. The zero-order valence-corrected chi connectivity index (χ0v) is 10.3. The molecule has 0 aliphatic heterocycles. The van der Waals surface area contributed by atoms with Crippen molar-refractivity contribution in [1.82, 2.24) is 10.2 Å². The third kappa shape index (κ3) is 1.44. The van der Waals surface area contributed by atoms with Crippen LogP contribution in [0.5, 0.6) is 0 Å². The van der Waals surface area contributed by atoms with Crippen molar-refractivity contribution in [2.24, 2.45) is 23.7 Å². The van der Waals surface area contributed by atoms with Crippen LogP contribution in [0.15, 0.2) is 0 Å². The van der Waals surface area contributed by atoms with Crippen LogP contribution in [0.4, 0.5) is 4.79 Å². The summed E-state index contributed by atoms with van der Waals surface area (Å²) in [6.45, 7) is 0. The molecule has 0 heterocycles. The molecule has 0 saturated heterocycles. The molecule has 3 aliphatic carbocycles. The Morgan fingerprint density at radius 2 is 1.88 bits per heavy atom. The number of carbonyl (C=O) groups excluding carboxylic acids is 1. The zero-order chi connectivity index (χ0) is 11.3. The number of urea groups is 1. The highest BCUT2D eigenvalue weighted by atomic mass is 16.2. The number of hydrogen-bond acceptors (Lipinski definition) is 1. The van der Waals surface area contributed by atoms with Crippen LogP contribution in [0.2, 0.25) is 0 Å². The highest BCUT2D eigenvalue weighted by molar-refractivity contribution is 5.73. The van der Waals surface area contributed by atoms with Crippen LogP contribution in [0.3, 0.4) is 0 Å². The van der Waals surface area contributed by atoms with Crippen LogP contribution in [-0.2, 0) is 0 Å². The second-order valence-corrected chi connectivity index (χ2v) is 6.10. The van der Waals surface area contributed by atoms with Crippen molar-refractivity contribution in [3.05, 3.63) is 0 Å². The maximum Gasteiger partial charge on any atom is 0.317 e. The van der Waals surface area contributed by atoms with Crippen molar-refractivity contribution in [2.45, 2.75) is 38.1 Å². The van der Waals surface area contributed by atoms with Gasteiger partial charge < -0.3 is 10.2 Å². The minimum atomic E-state index is 0.0899. The predicted molar refractivity (Wildman–Crippen MR) is 63.1 cm³/mol. The molecule has 0 aromatic rings. The van der Waals surface area contributed by atoms with Gasteiger partial charge in [-0.15, -0.1) is 0 Å². The average molecular weight is 222 g/mol. The van der Waals surface area contributed by atoms with Crippen molar-refractivity contribution in [3.8, 4) is 0 Å². The van der Waals surface area contributed by atoms with Gasteiger partial charge in [0.1, 0.15) is 0 Å². The fraction of sp³-hybridized carbons (Fsp3) is 0.923. The molecule has 5 atom stereocenters. The Bertz CT molecular complexity index is 302. The van der Waals surface area contributed by atoms with Gasteiger partial charge in [-0.2, -0.15) is 0 Å². The molecule has 2 bridgehead atoms. The van der Waals surface area contributed by atoms with E-state index in [9.17, 15) is 4.79 Å². The Hall–Kier alpha value is -0.730. The lowest BCUT2D eigenvalue weighted by Gasteiger charge is -2.32. The van der Waals surface area contributed by atoms with Crippen molar-refractivity contribution in [2.75, 3.05) is 14.1 Å². The maximum atomic E-state index is 11.7. The molecule has 3 rings (SSSR count). The molecule has 2 amide bonds. The first-order valence-corrected chi connectivity index (χ1v) is 6.64. The fourth-order valence-corrected chi connectivity index (χ4v) is 4.52. The van der Waals surface area contributed by atoms with E-state index in [2.05, 4.69) is 5.32 Å². The number of rotatable bonds is 1. The van der Waals surface area contributed by atoms with Gasteiger partial charge >= 0.3 is 6.03 Å². The number of amides is 2. The van der Waals surface area contributed by atoms with E-state index in [0.29, 0.717) is 6.04 Å². The third-order valence-electron chi connectivity index (χ3n) is 5.14. The number of nitrogens with zero attached hydrogens (tertiary/aromatic N) is 1. The summed E-state index contributed by atoms with van der Waals surface area (Å²) in [5.41, 5.74) is 0. The first kappa shape index (κ1) is 10.4. The SMILES string of the molecule is CN(C)C(=O)N[C@@H]1C[C@@H]2C[C@H]1[C@@H]1CCC[C@H]21. The van der Waals surface area contributed by atoms with Gasteiger partial charge in [-0.25, -0.2) is 4.79 Å². The van der Waals surface area contributed by atoms with E-state index in [1.165, 1.54) is 32.1 Å². The largest absolute Gasteiger partial charge is 0.335 e. The second kappa shape index (κ2) is 3.64. The second-order valence-electron chi connectivity index (χ2n) is 6.10. The topological polar surface area (TPSA) is 32.3 Å². The molecule has 0 unspecified atom stereocenters. The Morgan fingerprint density at radius 1 is 1.12 bits per heavy atom. The number of hydrogen-bond donors (Lipinski definition) is 1. The Morgan fingerprint density at radius 3 is 2.62 bits per heavy atom. The molecule has 3 fully saturated rings. The molecule has 3 aliphatic rings. The van der Waals surface area contributed by atoms with Gasteiger partial charge in [0, 0.05) is 20.1 Å². The lowest BCUT2D eigenvalue weighted by atomic mass is 9.79. The predicted octanol–water partition coefficient (Wildman–Crippen LogP) is 2.08. The summed E-state index contributed by atoms with van der Waals surface area (Å²) < 4.78 is 0. The van der Waals surface area contributed by atoms with Crippen molar-refractivity contribution in [3.63, 3.8) is 0 Å². The van der Waals surface area contributed by atoms with Crippen molar-refractivity contribution < 1.29 is 4.79 Å². The van der Waals surface area contributed by atoms with Gasteiger partial charge in [-0.3, -0.25) is 0 Å². The first-order chi connectivity index (χ1) is 7.66. The molecule has 1 N–H and O–H groups in total. The smallest absolute Gasteiger partial charge is 0.317 e. The first-order valence-electron chi connectivity index (χ1n) is 6.64. The van der Waals surface area contributed by atoms with Crippen LogP contribution in [-0.4, -0.2) is 31.1 Å². The van der Waals surface area contributed by atoms with Crippen molar-refractivity contribution in [1.29, 1.82) is 0 Å². The van der Waals surface area contributed by atoms with Crippen LogP contribution >= 0.6 is 0 Å². The summed E-state index contributed by atoms with van der Waals surface area (Å²) >= 11 is 0. The van der Waals surface area contributed by atoms with E-state index in [0.717, 1.165) is 23.7 Å². The van der Waals surface area contributed by atoms with Gasteiger partial charge in [0.25, 0.3) is 0 Å². The quantitative estimate of drug-likeness (QED) is 0.724. The third-order valence-corrected chi connectivity index (χ3v) is 5.14. The van der Waals surface area contributed by atoms with E-state index >= 15 is 0 Å². The lowest BCUT2D eigenvalue weighted by molar-refractivity contribution is 0.184. The Labute approximate surface area is 97.6 Å². The molecule has 3 heteroatoms. The highest BCUT2D eigenvalue weighted by Crippen LogP contribution is 2.58. The summed E-state index contributed by atoms with van der Waals surface area (Å²) in [4.78, 5) is 13.3. The van der Waals surface area contributed by atoms with Crippen LogP contribution in [0, 0.1) is 23.7 Å². The molecule has 3 nitrogen and oxygen atoms in total. The molecule has 0 aromatic carbocycles. The van der Waals surface area contributed by atoms with E-state index < -0.39 is 0 Å². The Kier molecular flexibility index (Phi) is 2.37. The van der Waals surface area contributed by atoms with E-state index in [1.54, 1.807) is 4.90 Å². The summed E-state index contributed by atoms with van der Waals surface area (Å²) in [6, 6.07) is 0.561. The Balaban J connectivity index is 1.66. The van der Waals surface area contributed by atoms with Crippen LogP contribution < -0.4 is 5.32 Å². The van der Waals surface area contributed by atoms with Gasteiger partial charge in [0.05, 0.1) is 0 Å². The molecular formula is C13H22N2O. The van der Waals surface area contributed by atoms with E-state index in [1.807, 2.05) is 14.1 Å². The average Bonchev–Trinajstić information content (AvgIpc) is 2.87. The normalized spacial score (nSPS) is 44.5. The fourth-order valence-electron chi connectivity index (χ4n) is 4.52. The number of carbonyl (C=O) groups is 1. The summed E-state index contributed by atoms with van der Waals surface area (Å²) in [6.07, 6.45) is 6.93. The highest BCUT2D eigenvalue weighted by Gasteiger charge is 2.54. The standard InChI is InChI=1S/C13H22N2O/c1-15(2)13(16)14-12-7-8-6-11(12)10-5-3-4-9(8)10/h8-12H,3-7H2,1-2H3,(H,14,16)/t8-,9+,10+,11-,12+/m0/s1.